The maximum atomic E-state index is 11.0. The lowest BCUT2D eigenvalue weighted by Crippen LogP contribution is -2.51. The van der Waals surface area contributed by atoms with E-state index in [9.17, 15) is 4.79 Å². The van der Waals surface area contributed by atoms with Crippen molar-refractivity contribution in [2.24, 2.45) is 0 Å². The van der Waals surface area contributed by atoms with Gasteiger partial charge in [0.25, 0.3) is 0 Å². The van der Waals surface area contributed by atoms with Crippen molar-refractivity contribution in [2.75, 3.05) is 65.6 Å². The van der Waals surface area contributed by atoms with Crippen molar-refractivity contribution in [1.82, 2.24) is 20.9 Å². The number of likely N-dealkylation sites (tertiary alicyclic amines) is 1. The molecule has 3 unspecified atom stereocenters. The molecular weight excluding hydrogens is 684 g/mol. The predicted octanol–water partition coefficient (Wildman–Crippen LogP) is 6.89. The molecule has 0 aromatic carbocycles. The zero-order chi connectivity index (χ0) is 41.2. The molecule has 5 heterocycles. The number of ether oxygens (including phenoxy) is 6. The minimum Gasteiger partial charge on any atom is -0.381 e. The number of hydrogen-bond donors (Lipinski definition) is 3. The zero-order valence-electron chi connectivity index (χ0n) is 38.0. The Hall–Kier alpha value is -0.890. The lowest BCUT2D eigenvalue weighted by atomic mass is 10.1. The second-order valence-corrected chi connectivity index (χ2v) is 20.2. The SMILES string of the molecule is CC(=O)N1CCC(OC(C)(C)C)C1.CC(C)(C)OC1CCCNC1.CC(C)(C)OC1CCNC1.CC(C)(C)OC1CCOCC1.CC(C)(C)OC1CNC1. The second kappa shape index (κ2) is 24.1. The van der Waals surface area contributed by atoms with Crippen LogP contribution in [0.1, 0.15) is 149 Å². The molecule has 0 aromatic rings. The Kier molecular flexibility index (Phi) is 22.8. The molecule has 1 amide bonds. The molecule has 0 radical (unpaired) electrons. The first-order chi connectivity index (χ1) is 24.7. The van der Waals surface area contributed by atoms with Crippen LogP contribution in [0.25, 0.3) is 0 Å². The number of carbonyl (C=O) groups excluding carboxylic acids is 1. The second-order valence-electron chi connectivity index (χ2n) is 20.2. The van der Waals surface area contributed by atoms with Crippen molar-refractivity contribution < 1.29 is 33.2 Å². The lowest BCUT2D eigenvalue weighted by molar-refractivity contribution is -0.129. The van der Waals surface area contributed by atoms with E-state index in [1.165, 1.54) is 12.8 Å². The highest BCUT2D eigenvalue weighted by Crippen LogP contribution is 2.20. The maximum absolute atomic E-state index is 11.0. The van der Waals surface area contributed by atoms with Crippen LogP contribution in [0.3, 0.4) is 0 Å². The Balaban J connectivity index is 0.000000339. The maximum Gasteiger partial charge on any atom is 0.219 e. The fraction of sp³-hybridized carbons (Fsp3) is 0.977. The van der Waals surface area contributed by atoms with Gasteiger partial charge in [0.05, 0.1) is 58.5 Å². The first-order valence-corrected chi connectivity index (χ1v) is 21.0. The molecule has 5 fully saturated rings. The molecule has 0 spiro atoms. The number of nitrogens with zero attached hydrogens (tertiary/aromatic N) is 1. The van der Waals surface area contributed by atoms with E-state index in [2.05, 4.69) is 99.0 Å². The molecule has 5 aliphatic rings. The van der Waals surface area contributed by atoms with Crippen LogP contribution in [0.4, 0.5) is 0 Å². The average molecular weight is 773 g/mol. The van der Waals surface area contributed by atoms with E-state index in [1.54, 1.807) is 6.92 Å². The molecule has 54 heavy (non-hydrogen) atoms. The summed E-state index contributed by atoms with van der Waals surface area (Å²) in [5.74, 6) is 0.153. The van der Waals surface area contributed by atoms with E-state index >= 15 is 0 Å². The first kappa shape index (κ1) is 51.1. The molecule has 5 saturated heterocycles. The molecule has 3 N–H and O–H groups in total. The van der Waals surface area contributed by atoms with Crippen LogP contribution in [0, 0.1) is 0 Å². The van der Waals surface area contributed by atoms with Gasteiger partial charge in [-0.2, -0.15) is 0 Å². The summed E-state index contributed by atoms with van der Waals surface area (Å²) in [5, 5.41) is 9.76. The van der Waals surface area contributed by atoms with Crippen LogP contribution < -0.4 is 16.0 Å². The molecule has 322 valence electrons. The van der Waals surface area contributed by atoms with Gasteiger partial charge in [-0.1, -0.05) is 0 Å². The molecule has 11 heteroatoms. The number of rotatable bonds is 5. The fourth-order valence-corrected chi connectivity index (χ4v) is 6.40. The Morgan fingerprint density at radius 1 is 0.500 bits per heavy atom. The average Bonchev–Trinajstić information content (AvgIpc) is 3.66. The minimum atomic E-state index is -0.0997. The van der Waals surface area contributed by atoms with Gasteiger partial charge in [0, 0.05) is 59.4 Å². The molecule has 0 bridgehead atoms. The third-order valence-electron chi connectivity index (χ3n) is 8.37. The fourth-order valence-electron chi connectivity index (χ4n) is 6.40. The summed E-state index contributed by atoms with van der Waals surface area (Å²) >= 11 is 0. The van der Waals surface area contributed by atoms with Crippen LogP contribution in [-0.4, -0.2) is 135 Å². The summed E-state index contributed by atoms with van der Waals surface area (Å²) < 4.78 is 34.0. The topological polar surface area (TPSA) is 112 Å². The van der Waals surface area contributed by atoms with Crippen molar-refractivity contribution >= 4 is 5.91 Å². The molecule has 5 rings (SSSR count). The van der Waals surface area contributed by atoms with E-state index < -0.39 is 0 Å². The highest BCUT2D eigenvalue weighted by Gasteiger charge is 2.28. The van der Waals surface area contributed by atoms with Gasteiger partial charge in [0.2, 0.25) is 5.91 Å². The van der Waals surface area contributed by atoms with Gasteiger partial charge in [0.15, 0.2) is 0 Å². The summed E-state index contributed by atoms with van der Waals surface area (Å²) in [6, 6.07) is 0. The van der Waals surface area contributed by atoms with Crippen molar-refractivity contribution in [3.8, 4) is 0 Å². The Morgan fingerprint density at radius 3 is 1.26 bits per heavy atom. The van der Waals surface area contributed by atoms with Crippen LogP contribution in [0.2, 0.25) is 0 Å². The Labute approximate surface area is 332 Å². The highest BCUT2D eigenvalue weighted by molar-refractivity contribution is 5.73. The number of nitrogens with one attached hydrogen (secondary N) is 3. The molecule has 5 aliphatic heterocycles. The predicted molar refractivity (Wildman–Crippen MR) is 223 cm³/mol. The molecule has 3 atom stereocenters. The van der Waals surface area contributed by atoms with Crippen molar-refractivity contribution in [3.05, 3.63) is 0 Å². The van der Waals surface area contributed by atoms with E-state index in [0.717, 1.165) is 91.3 Å². The van der Waals surface area contributed by atoms with Gasteiger partial charge in [-0.05, 0) is 155 Å². The van der Waals surface area contributed by atoms with Gasteiger partial charge < -0.3 is 49.3 Å². The number of amides is 1. The monoisotopic (exact) mass is 773 g/mol. The van der Waals surface area contributed by atoms with Crippen molar-refractivity contribution in [3.63, 3.8) is 0 Å². The van der Waals surface area contributed by atoms with E-state index in [0.29, 0.717) is 24.4 Å². The third-order valence-corrected chi connectivity index (χ3v) is 8.37. The third kappa shape index (κ3) is 29.4. The first-order valence-electron chi connectivity index (χ1n) is 21.0. The van der Waals surface area contributed by atoms with Gasteiger partial charge in [-0.3, -0.25) is 4.79 Å². The standard InChI is InChI=1S/C10H19NO2.C9H19NO.C9H18O2.C8H17NO.C7H15NO/c1-8(12)11-6-5-9(7-11)13-10(2,3)4;1-9(2,3)11-8-5-4-6-10-7-8;1-9(2,3)11-8-4-6-10-7-5-8;1-8(2,3)10-7-4-5-9-6-7;1-7(2,3)9-6-4-8-5-6/h9H,5-7H2,1-4H3;8,10H,4-7H2,1-3H3;8H,4-7H2,1-3H3;7,9H,4-6H2,1-3H3;6,8H,4-5H2,1-3H3. The summed E-state index contributed by atoms with van der Waals surface area (Å²) in [6.07, 6.45) is 8.69. The lowest BCUT2D eigenvalue weighted by Gasteiger charge is -2.33. The van der Waals surface area contributed by atoms with Crippen LogP contribution in [0.15, 0.2) is 0 Å². The minimum absolute atomic E-state index is 0.00199. The summed E-state index contributed by atoms with van der Waals surface area (Å²) in [6.45, 7) is 42.6. The quantitative estimate of drug-likeness (QED) is 0.273. The van der Waals surface area contributed by atoms with Crippen molar-refractivity contribution in [2.45, 2.75) is 208 Å². The summed E-state index contributed by atoms with van der Waals surface area (Å²) in [5.41, 5.74) is -0.0212. The number of carbonyl (C=O) groups is 1. The van der Waals surface area contributed by atoms with E-state index in [-0.39, 0.29) is 40.0 Å². The smallest absolute Gasteiger partial charge is 0.219 e. The molecule has 0 aliphatic carbocycles. The van der Waals surface area contributed by atoms with E-state index in [1.807, 2.05) is 25.7 Å². The van der Waals surface area contributed by atoms with Gasteiger partial charge in [-0.15, -0.1) is 0 Å². The zero-order valence-corrected chi connectivity index (χ0v) is 38.0. The molecule has 11 nitrogen and oxygen atoms in total. The Morgan fingerprint density at radius 2 is 0.907 bits per heavy atom. The van der Waals surface area contributed by atoms with Gasteiger partial charge >= 0.3 is 0 Å². The molecule has 0 aromatic heterocycles. The van der Waals surface area contributed by atoms with Gasteiger partial charge in [-0.25, -0.2) is 0 Å². The summed E-state index contributed by atoms with van der Waals surface area (Å²) in [7, 11) is 0. The normalized spacial score (nSPS) is 24.4. The van der Waals surface area contributed by atoms with Crippen LogP contribution in [-0.2, 0) is 33.2 Å². The molecule has 0 saturated carbocycles. The van der Waals surface area contributed by atoms with E-state index in [4.69, 9.17) is 28.4 Å². The van der Waals surface area contributed by atoms with Crippen molar-refractivity contribution in [1.29, 1.82) is 0 Å². The van der Waals surface area contributed by atoms with Crippen LogP contribution in [0.5, 0.6) is 0 Å². The molecular formula is C43H88N4O7. The Bertz CT molecular complexity index is 942. The van der Waals surface area contributed by atoms with Gasteiger partial charge in [0.1, 0.15) is 0 Å². The summed E-state index contributed by atoms with van der Waals surface area (Å²) in [4.78, 5) is 12.9. The highest BCUT2D eigenvalue weighted by atomic mass is 16.5. The number of hydrogen-bond acceptors (Lipinski definition) is 10. The van der Waals surface area contributed by atoms with Crippen LogP contribution >= 0.6 is 0 Å². The largest absolute Gasteiger partial charge is 0.381 e. The number of piperidine rings is 1.